The monoisotopic (exact) mass is 323 g/mol. The van der Waals surface area contributed by atoms with Crippen molar-refractivity contribution in [3.63, 3.8) is 0 Å². The highest BCUT2D eigenvalue weighted by atomic mass is 35.5. The van der Waals surface area contributed by atoms with E-state index in [0.717, 1.165) is 5.56 Å². The molecule has 1 fully saturated rings. The van der Waals surface area contributed by atoms with E-state index in [4.69, 9.17) is 16.3 Å². The third-order valence-corrected chi connectivity index (χ3v) is 4.19. The molecule has 0 bridgehead atoms. The molecule has 8 heteroatoms. The van der Waals surface area contributed by atoms with Gasteiger partial charge >= 0.3 is 6.03 Å². The van der Waals surface area contributed by atoms with Crippen molar-refractivity contribution in [1.82, 2.24) is 10.2 Å². The first-order chi connectivity index (χ1) is 10.4. The van der Waals surface area contributed by atoms with Crippen molar-refractivity contribution in [3.05, 3.63) is 28.3 Å². The zero-order chi connectivity index (χ0) is 16.1. The molecule has 0 radical (unpaired) electrons. The number of anilines is 1. The minimum absolute atomic E-state index is 0.104. The summed E-state index contributed by atoms with van der Waals surface area (Å²) in [5.41, 5.74) is -0.0872. The Labute approximate surface area is 131 Å². The van der Waals surface area contributed by atoms with Gasteiger partial charge in [0.25, 0.3) is 11.8 Å². The molecule has 1 saturated heterocycles. The van der Waals surface area contributed by atoms with Crippen molar-refractivity contribution in [2.45, 2.75) is 12.5 Å². The number of methoxy groups -OCH3 is 1. The molecule has 2 aliphatic heterocycles. The zero-order valence-electron chi connectivity index (χ0n) is 12.0. The molecule has 4 amide bonds. The molecule has 0 unspecified atom stereocenters. The van der Waals surface area contributed by atoms with Gasteiger partial charge in [-0.05, 0) is 24.6 Å². The molecule has 22 heavy (non-hydrogen) atoms. The molecule has 116 valence electrons. The Kier molecular flexibility index (Phi) is 3.34. The number of aryl methyl sites for hydroxylation is 1. The van der Waals surface area contributed by atoms with Gasteiger partial charge in [0.1, 0.15) is 0 Å². The number of rotatable bonds is 3. The predicted molar refractivity (Wildman–Crippen MR) is 78.6 cm³/mol. The van der Waals surface area contributed by atoms with Crippen molar-refractivity contribution >= 4 is 35.1 Å². The Morgan fingerprint density at radius 1 is 1.23 bits per heavy atom. The second-order valence-corrected chi connectivity index (χ2v) is 5.65. The second kappa shape index (κ2) is 4.96. The van der Waals surface area contributed by atoms with E-state index >= 15 is 0 Å². The number of ether oxygens (including phenoxy) is 1. The Morgan fingerprint density at radius 3 is 2.59 bits per heavy atom. The molecular formula is C14H14ClN3O4. The largest absolute Gasteiger partial charge is 0.383 e. The van der Waals surface area contributed by atoms with E-state index in [1.165, 1.54) is 12.0 Å². The van der Waals surface area contributed by atoms with Crippen LogP contribution in [-0.2, 0) is 19.9 Å². The fourth-order valence-corrected chi connectivity index (χ4v) is 3.27. The van der Waals surface area contributed by atoms with Crippen LogP contribution in [0.2, 0.25) is 5.02 Å². The summed E-state index contributed by atoms with van der Waals surface area (Å²) < 4.78 is 4.97. The second-order valence-electron chi connectivity index (χ2n) is 5.21. The summed E-state index contributed by atoms with van der Waals surface area (Å²) >= 11 is 6.08. The van der Waals surface area contributed by atoms with E-state index in [-0.39, 0.29) is 13.2 Å². The van der Waals surface area contributed by atoms with E-state index in [9.17, 15) is 14.4 Å². The Balaban J connectivity index is 2.22. The van der Waals surface area contributed by atoms with Crippen LogP contribution in [0.25, 0.3) is 0 Å². The first-order valence-corrected chi connectivity index (χ1v) is 7.04. The maximum absolute atomic E-state index is 12.6. The number of carbonyl (C=O) groups excluding carboxylic acids is 3. The van der Waals surface area contributed by atoms with Gasteiger partial charge in [-0.1, -0.05) is 11.6 Å². The lowest BCUT2D eigenvalue weighted by Gasteiger charge is -2.29. The first-order valence-electron chi connectivity index (χ1n) is 6.67. The van der Waals surface area contributed by atoms with Crippen LogP contribution < -0.4 is 10.6 Å². The van der Waals surface area contributed by atoms with Gasteiger partial charge in [-0.3, -0.25) is 19.8 Å². The summed E-state index contributed by atoms with van der Waals surface area (Å²) in [5.74, 6) is -1.24. The number of fused-ring (bicyclic) bond motifs is 2. The Hall–Kier alpha value is -2.12. The van der Waals surface area contributed by atoms with Crippen LogP contribution in [0.4, 0.5) is 10.5 Å². The van der Waals surface area contributed by atoms with Crippen LogP contribution in [0.5, 0.6) is 0 Å². The lowest BCUT2D eigenvalue weighted by atomic mass is 9.89. The van der Waals surface area contributed by atoms with Gasteiger partial charge in [-0.2, -0.15) is 0 Å². The molecular weight excluding hydrogens is 310 g/mol. The van der Waals surface area contributed by atoms with E-state index in [1.807, 2.05) is 0 Å². The van der Waals surface area contributed by atoms with E-state index in [1.54, 1.807) is 19.1 Å². The summed E-state index contributed by atoms with van der Waals surface area (Å²) in [6.07, 6.45) is 0. The molecule has 1 aromatic carbocycles. The van der Waals surface area contributed by atoms with E-state index in [0.29, 0.717) is 16.3 Å². The van der Waals surface area contributed by atoms with Crippen molar-refractivity contribution in [1.29, 1.82) is 0 Å². The van der Waals surface area contributed by atoms with Crippen LogP contribution in [0.3, 0.4) is 0 Å². The number of carbonyl (C=O) groups is 3. The molecule has 3 rings (SSSR count). The Bertz CT molecular complexity index is 706. The topological polar surface area (TPSA) is 87.7 Å². The summed E-state index contributed by atoms with van der Waals surface area (Å²) in [5, 5.41) is 5.29. The SMILES string of the molecule is COCCN1C(=O)NC(=O)[C@@]12C(=O)Nc1c(C)cc(Cl)cc12. The van der Waals surface area contributed by atoms with Crippen LogP contribution in [0.1, 0.15) is 11.1 Å². The highest BCUT2D eigenvalue weighted by Crippen LogP contribution is 2.45. The maximum Gasteiger partial charge on any atom is 0.325 e. The first kappa shape index (κ1) is 14.8. The van der Waals surface area contributed by atoms with Gasteiger partial charge in [0.15, 0.2) is 0 Å². The van der Waals surface area contributed by atoms with Crippen molar-refractivity contribution in [2.24, 2.45) is 0 Å². The summed E-state index contributed by atoms with van der Waals surface area (Å²) in [6, 6.07) is 2.61. The van der Waals surface area contributed by atoms with Gasteiger partial charge in [0.05, 0.1) is 12.3 Å². The van der Waals surface area contributed by atoms with Gasteiger partial charge in [0, 0.05) is 24.2 Å². The van der Waals surface area contributed by atoms with E-state index in [2.05, 4.69) is 10.6 Å². The van der Waals surface area contributed by atoms with E-state index < -0.39 is 23.4 Å². The fraction of sp³-hybridized carbons (Fsp3) is 0.357. The summed E-state index contributed by atoms with van der Waals surface area (Å²) in [7, 11) is 1.48. The highest BCUT2D eigenvalue weighted by molar-refractivity contribution is 6.32. The quantitative estimate of drug-likeness (QED) is 0.641. The number of hydrogen-bond acceptors (Lipinski definition) is 4. The predicted octanol–water partition coefficient (Wildman–Crippen LogP) is 0.994. The molecule has 2 N–H and O–H groups in total. The zero-order valence-corrected chi connectivity index (χ0v) is 12.8. The number of halogens is 1. The number of urea groups is 1. The molecule has 0 aromatic heterocycles. The maximum atomic E-state index is 12.6. The molecule has 0 saturated carbocycles. The summed E-state index contributed by atoms with van der Waals surface area (Å²) in [4.78, 5) is 38.4. The lowest BCUT2D eigenvalue weighted by molar-refractivity contribution is -0.137. The average molecular weight is 324 g/mol. The van der Waals surface area contributed by atoms with Gasteiger partial charge < -0.3 is 10.1 Å². The third kappa shape index (κ3) is 1.75. The molecule has 2 heterocycles. The number of benzene rings is 1. The molecule has 7 nitrogen and oxygen atoms in total. The van der Waals surface area contributed by atoms with Crippen molar-refractivity contribution in [3.8, 4) is 0 Å². The third-order valence-electron chi connectivity index (χ3n) is 3.98. The molecule has 1 atom stereocenters. The Morgan fingerprint density at radius 2 is 1.91 bits per heavy atom. The highest BCUT2D eigenvalue weighted by Gasteiger charge is 2.63. The van der Waals surface area contributed by atoms with Crippen molar-refractivity contribution < 1.29 is 19.1 Å². The molecule has 1 spiro atoms. The summed E-state index contributed by atoms with van der Waals surface area (Å²) in [6.45, 7) is 2.08. The fourth-order valence-electron chi connectivity index (χ4n) is 3.00. The number of nitrogens with one attached hydrogen (secondary N) is 2. The van der Waals surface area contributed by atoms with Gasteiger partial charge in [-0.25, -0.2) is 4.79 Å². The lowest BCUT2D eigenvalue weighted by Crippen LogP contribution is -2.52. The number of imide groups is 1. The van der Waals surface area contributed by atoms with Crippen LogP contribution in [0, 0.1) is 6.92 Å². The number of nitrogens with zero attached hydrogens (tertiary/aromatic N) is 1. The average Bonchev–Trinajstić information content (AvgIpc) is 2.87. The standard InChI is InChI=1S/C14H14ClN3O4/c1-7-5-8(15)6-9-10(7)16-11(19)14(9)12(20)17-13(21)18(14)3-4-22-2/h5-6H,3-4H2,1-2H3,(H,16,19)(H,17,20,21)/t14-/m1/s1. The number of hydrogen-bond donors (Lipinski definition) is 2. The van der Waals surface area contributed by atoms with Crippen LogP contribution in [-0.4, -0.2) is 43.0 Å². The normalized spacial score (nSPS) is 23.0. The molecule has 2 aliphatic rings. The minimum atomic E-state index is -1.72. The smallest absolute Gasteiger partial charge is 0.325 e. The van der Waals surface area contributed by atoms with Gasteiger partial charge in [-0.15, -0.1) is 0 Å². The number of amides is 4. The van der Waals surface area contributed by atoms with Crippen LogP contribution in [0.15, 0.2) is 12.1 Å². The van der Waals surface area contributed by atoms with Gasteiger partial charge in [0.2, 0.25) is 5.54 Å². The molecule has 1 aromatic rings. The van der Waals surface area contributed by atoms with Crippen LogP contribution >= 0.6 is 11.6 Å². The van der Waals surface area contributed by atoms with Crippen molar-refractivity contribution in [2.75, 3.05) is 25.6 Å². The molecule has 0 aliphatic carbocycles. The minimum Gasteiger partial charge on any atom is -0.383 e.